The van der Waals surface area contributed by atoms with E-state index in [1.54, 1.807) is 55.6 Å². The number of benzene rings is 2. The SMILES string of the molecule is COC(=O)CN(c1ccc([Si](C)(C)O)cc1)S(=O)(=O)c1ccccc1. The molecule has 2 rings (SSSR count). The fourth-order valence-electron chi connectivity index (χ4n) is 2.25. The summed E-state index contributed by atoms with van der Waals surface area (Å²) in [6, 6.07) is 14.4. The Bertz CT molecular complexity index is 830. The minimum absolute atomic E-state index is 0.0832. The van der Waals surface area contributed by atoms with Gasteiger partial charge in [-0.3, -0.25) is 9.10 Å². The first kappa shape index (κ1) is 19.2. The van der Waals surface area contributed by atoms with Gasteiger partial charge in [0.05, 0.1) is 17.7 Å². The van der Waals surface area contributed by atoms with Crippen molar-refractivity contribution in [2.75, 3.05) is 18.0 Å². The first-order valence-corrected chi connectivity index (χ1v) is 12.0. The second kappa shape index (κ2) is 7.38. The van der Waals surface area contributed by atoms with Crippen molar-refractivity contribution < 1.29 is 22.7 Å². The van der Waals surface area contributed by atoms with Crippen LogP contribution in [0, 0.1) is 0 Å². The molecule has 0 saturated heterocycles. The molecule has 0 atom stereocenters. The van der Waals surface area contributed by atoms with Gasteiger partial charge in [0.15, 0.2) is 0 Å². The van der Waals surface area contributed by atoms with E-state index in [-0.39, 0.29) is 4.90 Å². The third kappa shape index (κ3) is 4.47. The van der Waals surface area contributed by atoms with Crippen molar-refractivity contribution in [2.45, 2.75) is 18.0 Å². The summed E-state index contributed by atoms with van der Waals surface area (Å²) in [6.07, 6.45) is 0. The number of sulfonamides is 1. The van der Waals surface area contributed by atoms with Crippen LogP contribution in [0.4, 0.5) is 5.69 Å². The lowest BCUT2D eigenvalue weighted by Gasteiger charge is -2.24. The van der Waals surface area contributed by atoms with E-state index in [0.717, 1.165) is 9.49 Å². The zero-order chi connectivity index (χ0) is 18.7. The number of methoxy groups -OCH3 is 1. The van der Waals surface area contributed by atoms with E-state index in [1.807, 2.05) is 0 Å². The fourth-order valence-corrected chi connectivity index (χ4v) is 4.66. The number of carbonyl (C=O) groups is 1. The molecule has 2 aromatic rings. The van der Waals surface area contributed by atoms with Crippen LogP contribution < -0.4 is 9.49 Å². The second-order valence-corrected chi connectivity index (χ2v) is 11.6. The van der Waals surface area contributed by atoms with Crippen molar-refractivity contribution in [2.24, 2.45) is 0 Å². The van der Waals surface area contributed by atoms with Crippen molar-refractivity contribution >= 4 is 35.2 Å². The molecule has 0 aliphatic rings. The number of carbonyl (C=O) groups excluding carboxylic acids is 1. The van der Waals surface area contributed by atoms with Gasteiger partial charge in [-0.25, -0.2) is 8.42 Å². The summed E-state index contributed by atoms with van der Waals surface area (Å²) in [5.41, 5.74) is 0.330. The molecule has 2 aromatic carbocycles. The van der Waals surface area contributed by atoms with Gasteiger partial charge in [-0.05, 0) is 42.5 Å². The highest BCUT2D eigenvalue weighted by atomic mass is 32.2. The van der Waals surface area contributed by atoms with Crippen LogP contribution in [0.15, 0.2) is 59.5 Å². The van der Waals surface area contributed by atoms with Gasteiger partial charge < -0.3 is 9.53 Å². The zero-order valence-corrected chi connectivity index (χ0v) is 16.2. The lowest BCUT2D eigenvalue weighted by Crippen LogP contribution is -2.41. The Morgan fingerprint density at radius 3 is 2.12 bits per heavy atom. The summed E-state index contributed by atoms with van der Waals surface area (Å²) in [4.78, 5) is 22.0. The van der Waals surface area contributed by atoms with E-state index in [2.05, 4.69) is 4.74 Å². The van der Waals surface area contributed by atoms with Crippen LogP contribution in [0.5, 0.6) is 0 Å². The standard InChI is InChI=1S/C17H21NO5SSi/c1-23-17(19)13-18(24(20,21)15-7-5-4-6-8-15)14-9-11-16(12-10-14)25(2,3)22/h4-12,22H,13H2,1-3H3. The highest BCUT2D eigenvalue weighted by Gasteiger charge is 2.28. The highest BCUT2D eigenvalue weighted by Crippen LogP contribution is 2.23. The van der Waals surface area contributed by atoms with Gasteiger partial charge in [-0.2, -0.15) is 0 Å². The number of esters is 1. The van der Waals surface area contributed by atoms with Crippen LogP contribution in [0.25, 0.3) is 0 Å². The first-order chi connectivity index (χ1) is 11.7. The zero-order valence-electron chi connectivity index (χ0n) is 14.3. The average molecular weight is 380 g/mol. The summed E-state index contributed by atoms with van der Waals surface area (Å²) in [7, 11) is -5.22. The van der Waals surface area contributed by atoms with E-state index in [9.17, 15) is 18.0 Å². The van der Waals surface area contributed by atoms with Crippen molar-refractivity contribution in [1.29, 1.82) is 0 Å². The third-order valence-corrected chi connectivity index (χ3v) is 7.23. The van der Waals surface area contributed by atoms with Crippen LogP contribution in [-0.2, 0) is 19.6 Å². The molecule has 134 valence electrons. The number of anilines is 1. The summed E-state index contributed by atoms with van der Waals surface area (Å²) < 4.78 is 31.5. The van der Waals surface area contributed by atoms with E-state index in [0.29, 0.717) is 5.69 Å². The molecule has 0 spiro atoms. The van der Waals surface area contributed by atoms with Gasteiger partial charge in [0.1, 0.15) is 6.54 Å². The Morgan fingerprint density at radius 1 is 1.08 bits per heavy atom. The maximum Gasteiger partial charge on any atom is 0.326 e. The molecule has 0 saturated carbocycles. The third-order valence-electron chi connectivity index (χ3n) is 3.69. The number of rotatable bonds is 6. The molecule has 0 bridgehead atoms. The molecule has 25 heavy (non-hydrogen) atoms. The normalized spacial score (nSPS) is 11.8. The molecule has 0 aromatic heterocycles. The van der Waals surface area contributed by atoms with Crippen molar-refractivity contribution in [3.63, 3.8) is 0 Å². The maximum atomic E-state index is 12.9. The van der Waals surface area contributed by atoms with Crippen LogP contribution >= 0.6 is 0 Å². The topological polar surface area (TPSA) is 83.9 Å². The summed E-state index contributed by atoms with van der Waals surface area (Å²) in [5, 5.41) is 0.770. The summed E-state index contributed by atoms with van der Waals surface area (Å²) in [6.45, 7) is 3.11. The second-order valence-electron chi connectivity index (χ2n) is 6.01. The molecule has 6 nitrogen and oxygen atoms in total. The Balaban J connectivity index is 2.48. The number of hydrogen-bond donors (Lipinski definition) is 1. The summed E-state index contributed by atoms with van der Waals surface area (Å²) >= 11 is 0. The van der Waals surface area contributed by atoms with Gasteiger partial charge in [0.25, 0.3) is 10.0 Å². The Morgan fingerprint density at radius 2 is 1.64 bits per heavy atom. The monoisotopic (exact) mass is 379 g/mol. The number of hydrogen-bond acceptors (Lipinski definition) is 5. The van der Waals surface area contributed by atoms with Crippen molar-refractivity contribution in [3.8, 4) is 0 Å². The largest absolute Gasteiger partial charge is 0.468 e. The van der Waals surface area contributed by atoms with Crippen LogP contribution in [0.2, 0.25) is 13.1 Å². The predicted molar refractivity (Wildman–Crippen MR) is 98.8 cm³/mol. The van der Waals surface area contributed by atoms with Crippen LogP contribution in [0.3, 0.4) is 0 Å². The molecule has 0 amide bonds. The smallest absolute Gasteiger partial charge is 0.326 e. The molecule has 0 radical (unpaired) electrons. The van der Waals surface area contributed by atoms with Crippen molar-refractivity contribution in [1.82, 2.24) is 0 Å². The maximum absolute atomic E-state index is 12.9. The van der Waals surface area contributed by atoms with E-state index in [4.69, 9.17) is 0 Å². The first-order valence-electron chi connectivity index (χ1n) is 7.64. The molecular weight excluding hydrogens is 358 g/mol. The molecule has 1 N–H and O–H groups in total. The molecule has 0 heterocycles. The van der Waals surface area contributed by atoms with Gasteiger partial charge in [-0.1, -0.05) is 30.3 Å². The predicted octanol–water partition coefficient (Wildman–Crippen LogP) is 1.46. The minimum Gasteiger partial charge on any atom is -0.468 e. The molecule has 8 heteroatoms. The number of nitrogens with zero attached hydrogens (tertiary/aromatic N) is 1. The van der Waals surface area contributed by atoms with Gasteiger partial charge in [-0.15, -0.1) is 0 Å². The van der Waals surface area contributed by atoms with Crippen LogP contribution in [0.1, 0.15) is 0 Å². The molecule has 0 fully saturated rings. The van der Waals surface area contributed by atoms with E-state index >= 15 is 0 Å². The van der Waals surface area contributed by atoms with Gasteiger partial charge in [0.2, 0.25) is 8.32 Å². The molecule has 0 aliphatic heterocycles. The van der Waals surface area contributed by atoms with Gasteiger partial charge in [0, 0.05) is 0 Å². The fraction of sp³-hybridized carbons (Fsp3) is 0.235. The average Bonchev–Trinajstić information content (AvgIpc) is 2.59. The Kier molecular flexibility index (Phi) is 5.66. The molecule has 0 aliphatic carbocycles. The summed E-state index contributed by atoms with van der Waals surface area (Å²) in [5.74, 6) is -0.666. The Hall–Kier alpha value is -2.16. The minimum atomic E-state index is -3.93. The molecular formula is C17H21NO5SSi. The van der Waals surface area contributed by atoms with E-state index < -0.39 is 30.9 Å². The molecule has 0 unspecified atom stereocenters. The lowest BCUT2D eigenvalue weighted by atomic mass is 10.3. The van der Waals surface area contributed by atoms with Gasteiger partial charge >= 0.3 is 5.97 Å². The van der Waals surface area contributed by atoms with Crippen LogP contribution in [-0.4, -0.2) is 41.2 Å². The van der Waals surface area contributed by atoms with Crippen molar-refractivity contribution in [3.05, 3.63) is 54.6 Å². The quantitative estimate of drug-likeness (QED) is 0.607. The van der Waals surface area contributed by atoms with E-state index in [1.165, 1.54) is 19.2 Å². The highest BCUT2D eigenvalue weighted by molar-refractivity contribution is 7.92. The number of ether oxygens (including phenoxy) is 1. The Labute approximate surface area is 148 Å². The lowest BCUT2D eigenvalue weighted by molar-refractivity contribution is -0.138.